The Bertz CT molecular complexity index is 966. The molecule has 2 aromatic rings. The summed E-state index contributed by atoms with van der Waals surface area (Å²) in [5, 5.41) is 7.24. The lowest BCUT2D eigenvalue weighted by Gasteiger charge is -2.25. The lowest BCUT2D eigenvalue weighted by atomic mass is 10.1. The average Bonchev–Trinajstić information content (AvgIpc) is 3.05. The largest absolute Gasteiger partial charge is 0.355 e. The molecule has 0 radical (unpaired) electrons. The second kappa shape index (κ2) is 8.04. The zero-order chi connectivity index (χ0) is 20.4. The molecule has 3 amide bonds. The van der Waals surface area contributed by atoms with Gasteiger partial charge in [-0.25, -0.2) is 4.98 Å². The van der Waals surface area contributed by atoms with Crippen molar-refractivity contribution in [2.45, 2.75) is 19.4 Å². The normalized spacial score (nSPS) is 15.9. The molecule has 1 unspecified atom stereocenters. The summed E-state index contributed by atoms with van der Waals surface area (Å²) in [5.74, 6) is -0.975. The summed E-state index contributed by atoms with van der Waals surface area (Å²) >= 11 is 12.2. The van der Waals surface area contributed by atoms with Gasteiger partial charge in [-0.3, -0.25) is 24.8 Å². The SMILES string of the molecule is CNC(=O)c1cc(Cl)cc(C)c1NC(=O)C1CC(=O)NN1c1ncccc1Cl. The molecule has 0 aliphatic carbocycles. The molecule has 2 heterocycles. The van der Waals surface area contributed by atoms with E-state index in [1.165, 1.54) is 24.3 Å². The summed E-state index contributed by atoms with van der Waals surface area (Å²) < 4.78 is 0. The summed E-state index contributed by atoms with van der Waals surface area (Å²) in [5.41, 5.74) is 3.74. The maximum absolute atomic E-state index is 13.0. The van der Waals surface area contributed by atoms with Gasteiger partial charge in [-0.05, 0) is 36.8 Å². The van der Waals surface area contributed by atoms with Crippen molar-refractivity contribution in [1.82, 2.24) is 15.7 Å². The van der Waals surface area contributed by atoms with Gasteiger partial charge in [0.2, 0.25) is 11.8 Å². The smallest absolute Gasteiger partial charge is 0.253 e. The van der Waals surface area contributed by atoms with Crippen LogP contribution in [0.1, 0.15) is 22.3 Å². The molecular formula is C18H17Cl2N5O3. The Hall–Kier alpha value is -2.84. The first kappa shape index (κ1) is 19.9. The number of rotatable bonds is 4. The highest BCUT2D eigenvalue weighted by molar-refractivity contribution is 6.33. The molecule has 1 aromatic heterocycles. The van der Waals surface area contributed by atoms with Crippen LogP contribution in [0.25, 0.3) is 0 Å². The van der Waals surface area contributed by atoms with E-state index >= 15 is 0 Å². The number of hydrazine groups is 1. The Labute approximate surface area is 171 Å². The zero-order valence-corrected chi connectivity index (χ0v) is 16.6. The number of amides is 3. The highest BCUT2D eigenvalue weighted by Gasteiger charge is 2.38. The van der Waals surface area contributed by atoms with Crippen molar-refractivity contribution in [2.75, 3.05) is 17.4 Å². The summed E-state index contributed by atoms with van der Waals surface area (Å²) in [6, 6.07) is 5.46. The van der Waals surface area contributed by atoms with Crippen LogP contribution in [-0.4, -0.2) is 35.8 Å². The summed E-state index contributed by atoms with van der Waals surface area (Å²) in [7, 11) is 1.48. The van der Waals surface area contributed by atoms with Gasteiger partial charge >= 0.3 is 0 Å². The molecule has 1 aliphatic rings. The topological polar surface area (TPSA) is 103 Å². The summed E-state index contributed by atoms with van der Waals surface area (Å²) in [4.78, 5) is 41.3. The van der Waals surface area contributed by atoms with Crippen molar-refractivity contribution in [1.29, 1.82) is 0 Å². The third-order valence-electron chi connectivity index (χ3n) is 4.23. The zero-order valence-electron chi connectivity index (χ0n) is 15.0. The van der Waals surface area contributed by atoms with Gasteiger partial charge in [-0.1, -0.05) is 23.2 Å². The van der Waals surface area contributed by atoms with Crippen molar-refractivity contribution in [3.8, 4) is 0 Å². The van der Waals surface area contributed by atoms with Crippen LogP contribution < -0.4 is 21.1 Å². The van der Waals surface area contributed by atoms with Crippen LogP contribution in [0, 0.1) is 6.92 Å². The van der Waals surface area contributed by atoms with Gasteiger partial charge < -0.3 is 10.6 Å². The minimum absolute atomic E-state index is 0.0827. The highest BCUT2D eigenvalue weighted by atomic mass is 35.5. The van der Waals surface area contributed by atoms with Crippen molar-refractivity contribution < 1.29 is 14.4 Å². The van der Waals surface area contributed by atoms with Crippen LogP contribution >= 0.6 is 23.2 Å². The minimum atomic E-state index is -0.896. The van der Waals surface area contributed by atoms with Crippen LogP contribution in [0.5, 0.6) is 0 Å². The quantitative estimate of drug-likeness (QED) is 0.702. The summed E-state index contributed by atoms with van der Waals surface area (Å²) in [6.07, 6.45) is 1.42. The van der Waals surface area contributed by atoms with Crippen molar-refractivity contribution in [2.24, 2.45) is 0 Å². The number of benzene rings is 1. The van der Waals surface area contributed by atoms with Gasteiger partial charge in [0.25, 0.3) is 5.91 Å². The number of aryl methyl sites for hydroxylation is 1. The fourth-order valence-electron chi connectivity index (χ4n) is 2.92. The molecule has 3 rings (SSSR count). The molecule has 10 heteroatoms. The highest BCUT2D eigenvalue weighted by Crippen LogP contribution is 2.29. The van der Waals surface area contributed by atoms with E-state index in [0.717, 1.165) is 0 Å². The molecule has 0 saturated carbocycles. The van der Waals surface area contributed by atoms with Crippen molar-refractivity contribution in [3.63, 3.8) is 0 Å². The van der Waals surface area contributed by atoms with Crippen LogP contribution in [0.2, 0.25) is 10.0 Å². The maximum atomic E-state index is 13.0. The van der Waals surface area contributed by atoms with Gasteiger partial charge in [0.1, 0.15) is 6.04 Å². The fourth-order valence-corrected chi connectivity index (χ4v) is 3.40. The number of hydrogen-bond acceptors (Lipinski definition) is 5. The van der Waals surface area contributed by atoms with Gasteiger partial charge in [-0.2, -0.15) is 0 Å². The third-order valence-corrected chi connectivity index (χ3v) is 4.74. The number of aromatic nitrogens is 1. The van der Waals surface area contributed by atoms with E-state index in [0.29, 0.717) is 16.3 Å². The predicted octanol–water partition coefficient (Wildman–Crippen LogP) is 2.31. The molecule has 1 saturated heterocycles. The number of pyridine rings is 1. The van der Waals surface area contributed by atoms with Crippen molar-refractivity contribution >= 4 is 52.4 Å². The second-order valence-corrected chi connectivity index (χ2v) is 6.99. The van der Waals surface area contributed by atoms with E-state index in [1.54, 1.807) is 25.1 Å². The van der Waals surface area contributed by atoms with E-state index in [1.807, 2.05) is 0 Å². The number of hydrogen-bond donors (Lipinski definition) is 3. The Balaban J connectivity index is 1.93. The van der Waals surface area contributed by atoms with Crippen LogP contribution in [0.4, 0.5) is 11.5 Å². The second-order valence-electron chi connectivity index (χ2n) is 6.15. The molecule has 0 bridgehead atoms. The first-order valence-electron chi connectivity index (χ1n) is 8.34. The molecule has 146 valence electrons. The number of nitrogens with one attached hydrogen (secondary N) is 3. The van der Waals surface area contributed by atoms with E-state index in [2.05, 4.69) is 21.0 Å². The number of halogens is 2. The Kier molecular flexibility index (Phi) is 5.71. The Morgan fingerprint density at radius 1 is 1.32 bits per heavy atom. The maximum Gasteiger partial charge on any atom is 0.253 e. The molecule has 1 aromatic carbocycles. The molecule has 8 nitrogen and oxygen atoms in total. The van der Waals surface area contributed by atoms with Crippen molar-refractivity contribution in [3.05, 3.63) is 51.6 Å². The summed E-state index contributed by atoms with van der Waals surface area (Å²) in [6.45, 7) is 1.72. The van der Waals surface area contributed by atoms with Crippen LogP contribution in [0.3, 0.4) is 0 Å². The molecule has 0 spiro atoms. The molecule has 3 N–H and O–H groups in total. The lowest BCUT2D eigenvalue weighted by molar-refractivity contribution is -0.121. The Morgan fingerprint density at radius 3 is 2.75 bits per heavy atom. The molecule has 1 atom stereocenters. The van der Waals surface area contributed by atoms with Gasteiger partial charge in [0.15, 0.2) is 5.82 Å². The fraction of sp³-hybridized carbons (Fsp3) is 0.222. The molecule has 1 fully saturated rings. The molecular weight excluding hydrogens is 405 g/mol. The Morgan fingerprint density at radius 2 is 2.07 bits per heavy atom. The van der Waals surface area contributed by atoms with E-state index in [4.69, 9.17) is 23.2 Å². The van der Waals surface area contributed by atoms with E-state index in [9.17, 15) is 14.4 Å². The van der Waals surface area contributed by atoms with Crippen LogP contribution in [0.15, 0.2) is 30.5 Å². The monoisotopic (exact) mass is 421 g/mol. The first-order chi connectivity index (χ1) is 13.3. The minimum Gasteiger partial charge on any atom is -0.355 e. The van der Waals surface area contributed by atoms with E-state index < -0.39 is 17.9 Å². The number of carbonyl (C=O) groups is 3. The number of anilines is 2. The third kappa shape index (κ3) is 3.88. The van der Waals surface area contributed by atoms with Gasteiger partial charge in [-0.15, -0.1) is 0 Å². The number of carbonyl (C=O) groups excluding carboxylic acids is 3. The predicted molar refractivity (Wildman–Crippen MR) is 106 cm³/mol. The van der Waals surface area contributed by atoms with E-state index in [-0.39, 0.29) is 28.7 Å². The standard InChI is InChI=1S/C18H17Cl2N5O3/c1-9-6-10(19)7-11(17(27)21-2)15(9)23-18(28)13-8-14(26)24-25(13)16-12(20)4-3-5-22-16/h3-7,13H,8H2,1-2H3,(H,21,27)(H,23,28)(H,24,26). The molecule has 1 aliphatic heterocycles. The molecule has 28 heavy (non-hydrogen) atoms. The van der Waals surface area contributed by atoms with Crippen LogP contribution in [-0.2, 0) is 9.59 Å². The van der Waals surface area contributed by atoms with Gasteiger partial charge in [0, 0.05) is 18.3 Å². The number of nitrogens with zero attached hydrogens (tertiary/aromatic N) is 2. The average molecular weight is 422 g/mol. The first-order valence-corrected chi connectivity index (χ1v) is 9.09. The lowest BCUT2D eigenvalue weighted by Crippen LogP contribution is -2.45. The van der Waals surface area contributed by atoms with Gasteiger partial charge in [0.05, 0.1) is 22.7 Å².